The standard InChI is InChI=1S/C14H16N2OS/c1-16(2)14(18)17-13-6-5-11(9-15)8-12(13)7-10-3-4-10/h5-6,8,10H,3-4,7H2,1-2H3. The average Bonchev–Trinajstić information content (AvgIpc) is 3.15. The molecule has 1 aliphatic carbocycles. The van der Waals surface area contributed by atoms with Crippen LogP contribution in [0.5, 0.6) is 5.75 Å². The number of ether oxygens (including phenoxy) is 1. The Morgan fingerprint density at radius 3 is 2.78 bits per heavy atom. The van der Waals surface area contributed by atoms with Gasteiger partial charge in [0.25, 0.3) is 5.17 Å². The maximum absolute atomic E-state index is 8.95. The molecule has 0 amide bonds. The Balaban J connectivity index is 2.21. The number of benzene rings is 1. The van der Waals surface area contributed by atoms with Gasteiger partial charge in [0.15, 0.2) is 0 Å². The van der Waals surface area contributed by atoms with Crippen LogP contribution in [0.4, 0.5) is 0 Å². The van der Waals surface area contributed by atoms with Gasteiger partial charge in [-0.25, -0.2) is 0 Å². The summed E-state index contributed by atoms with van der Waals surface area (Å²) in [6, 6.07) is 7.68. The van der Waals surface area contributed by atoms with Crippen molar-refractivity contribution in [3.63, 3.8) is 0 Å². The molecule has 1 saturated carbocycles. The topological polar surface area (TPSA) is 36.3 Å². The van der Waals surface area contributed by atoms with E-state index in [-0.39, 0.29) is 0 Å². The van der Waals surface area contributed by atoms with Crippen LogP contribution < -0.4 is 4.74 Å². The number of rotatable bonds is 3. The van der Waals surface area contributed by atoms with Gasteiger partial charge in [-0.15, -0.1) is 0 Å². The minimum atomic E-state index is 0.441. The lowest BCUT2D eigenvalue weighted by Gasteiger charge is -2.16. The summed E-state index contributed by atoms with van der Waals surface area (Å²) in [5.41, 5.74) is 1.76. The number of thiocarbonyl (C=S) groups is 1. The van der Waals surface area contributed by atoms with E-state index in [1.54, 1.807) is 11.0 Å². The molecular formula is C14H16N2OS. The second kappa shape index (κ2) is 5.36. The van der Waals surface area contributed by atoms with E-state index in [0.29, 0.717) is 10.7 Å². The second-order valence-corrected chi connectivity index (χ2v) is 5.19. The maximum Gasteiger partial charge on any atom is 0.264 e. The van der Waals surface area contributed by atoms with Crippen LogP contribution in [0.2, 0.25) is 0 Å². The van der Waals surface area contributed by atoms with Crippen molar-refractivity contribution >= 4 is 17.4 Å². The summed E-state index contributed by atoms with van der Waals surface area (Å²) in [4.78, 5) is 1.76. The molecule has 1 aromatic carbocycles. The van der Waals surface area contributed by atoms with E-state index < -0.39 is 0 Å². The molecule has 0 unspecified atom stereocenters. The first-order chi connectivity index (χ1) is 8.60. The zero-order chi connectivity index (χ0) is 13.1. The molecule has 0 bridgehead atoms. The molecule has 0 atom stereocenters. The molecule has 1 aromatic rings. The zero-order valence-corrected chi connectivity index (χ0v) is 11.5. The third kappa shape index (κ3) is 3.21. The van der Waals surface area contributed by atoms with Crippen LogP contribution in [-0.4, -0.2) is 24.2 Å². The molecule has 2 rings (SSSR count). The Bertz CT molecular complexity index is 501. The van der Waals surface area contributed by atoms with Gasteiger partial charge in [0.1, 0.15) is 5.75 Å². The quantitative estimate of drug-likeness (QED) is 0.783. The van der Waals surface area contributed by atoms with E-state index in [0.717, 1.165) is 23.7 Å². The lowest BCUT2D eigenvalue weighted by atomic mass is 10.0. The minimum Gasteiger partial charge on any atom is -0.432 e. The summed E-state index contributed by atoms with van der Waals surface area (Å²) in [6.07, 6.45) is 3.52. The number of nitriles is 1. The highest BCUT2D eigenvalue weighted by Crippen LogP contribution is 2.35. The van der Waals surface area contributed by atoms with E-state index >= 15 is 0 Å². The molecule has 94 valence electrons. The van der Waals surface area contributed by atoms with Crippen molar-refractivity contribution < 1.29 is 4.74 Å². The molecule has 3 nitrogen and oxygen atoms in total. The monoisotopic (exact) mass is 260 g/mol. The Kier molecular flexibility index (Phi) is 3.83. The highest BCUT2D eigenvalue weighted by molar-refractivity contribution is 7.80. The normalized spacial score (nSPS) is 13.8. The lowest BCUT2D eigenvalue weighted by Crippen LogP contribution is -2.25. The van der Waals surface area contributed by atoms with Gasteiger partial charge in [0.05, 0.1) is 11.6 Å². The fourth-order valence-electron chi connectivity index (χ4n) is 1.73. The van der Waals surface area contributed by atoms with Gasteiger partial charge in [-0.2, -0.15) is 5.26 Å². The van der Waals surface area contributed by atoms with E-state index in [9.17, 15) is 0 Å². The molecule has 0 aliphatic heterocycles. The molecule has 0 heterocycles. The Hall–Kier alpha value is -1.60. The van der Waals surface area contributed by atoms with Crippen molar-refractivity contribution in [1.82, 2.24) is 4.90 Å². The van der Waals surface area contributed by atoms with Crippen molar-refractivity contribution in [2.45, 2.75) is 19.3 Å². The molecule has 4 heteroatoms. The summed E-state index contributed by atoms with van der Waals surface area (Å²) in [7, 11) is 3.71. The summed E-state index contributed by atoms with van der Waals surface area (Å²) in [5, 5.41) is 9.39. The fourth-order valence-corrected chi connectivity index (χ4v) is 1.82. The first kappa shape index (κ1) is 12.8. The van der Waals surface area contributed by atoms with Crippen molar-refractivity contribution in [2.75, 3.05) is 14.1 Å². The maximum atomic E-state index is 8.95. The number of nitrogens with zero attached hydrogens (tertiary/aromatic N) is 2. The van der Waals surface area contributed by atoms with Crippen molar-refractivity contribution in [3.05, 3.63) is 29.3 Å². The van der Waals surface area contributed by atoms with Crippen LogP contribution >= 0.6 is 12.2 Å². The number of hydrogen-bond donors (Lipinski definition) is 0. The fraction of sp³-hybridized carbons (Fsp3) is 0.429. The van der Waals surface area contributed by atoms with Gasteiger partial charge in [0, 0.05) is 14.1 Å². The molecule has 0 spiro atoms. The molecular weight excluding hydrogens is 244 g/mol. The van der Waals surface area contributed by atoms with Gasteiger partial charge in [-0.05, 0) is 61.2 Å². The van der Waals surface area contributed by atoms with E-state index in [1.165, 1.54) is 12.8 Å². The van der Waals surface area contributed by atoms with Crippen LogP contribution in [0, 0.1) is 17.2 Å². The lowest BCUT2D eigenvalue weighted by molar-refractivity contribution is 0.445. The molecule has 1 aliphatic rings. The van der Waals surface area contributed by atoms with Crippen LogP contribution in [0.1, 0.15) is 24.0 Å². The van der Waals surface area contributed by atoms with Gasteiger partial charge in [-0.3, -0.25) is 0 Å². The van der Waals surface area contributed by atoms with E-state index in [2.05, 4.69) is 6.07 Å². The smallest absolute Gasteiger partial charge is 0.264 e. The molecule has 0 saturated heterocycles. The van der Waals surface area contributed by atoms with Crippen LogP contribution in [0.25, 0.3) is 0 Å². The van der Waals surface area contributed by atoms with E-state index in [1.807, 2.05) is 26.2 Å². The first-order valence-corrected chi connectivity index (χ1v) is 6.43. The van der Waals surface area contributed by atoms with Crippen molar-refractivity contribution in [2.24, 2.45) is 5.92 Å². The predicted molar refractivity (Wildman–Crippen MR) is 74.5 cm³/mol. The van der Waals surface area contributed by atoms with Crippen LogP contribution in [-0.2, 0) is 6.42 Å². The van der Waals surface area contributed by atoms with Gasteiger partial charge in [0.2, 0.25) is 0 Å². The summed E-state index contributed by atoms with van der Waals surface area (Å²) < 4.78 is 5.68. The molecule has 0 aromatic heterocycles. The van der Waals surface area contributed by atoms with Gasteiger partial charge in [-0.1, -0.05) is 0 Å². The van der Waals surface area contributed by atoms with Gasteiger partial charge < -0.3 is 9.64 Å². The Morgan fingerprint density at radius 2 is 2.22 bits per heavy atom. The third-order valence-corrected chi connectivity index (χ3v) is 3.41. The highest BCUT2D eigenvalue weighted by atomic mass is 32.1. The summed E-state index contributed by atoms with van der Waals surface area (Å²) >= 11 is 5.15. The highest BCUT2D eigenvalue weighted by Gasteiger charge is 2.23. The molecule has 1 fully saturated rings. The summed E-state index contributed by atoms with van der Waals surface area (Å²) in [5.74, 6) is 1.52. The molecule has 18 heavy (non-hydrogen) atoms. The number of hydrogen-bond acceptors (Lipinski definition) is 3. The van der Waals surface area contributed by atoms with Gasteiger partial charge >= 0.3 is 0 Å². The summed E-state index contributed by atoms with van der Waals surface area (Å²) in [6.45, 7) is 0. The second-order valence-electron chi connectivity index (χ2n) is 4.84. The molecule has 0 radical (unpaired) electrons. The van der Waals surface area contributed by atoms with Crippen molar-refractivity contribution in [3.8, 4) is 11.8 Å². The third-order valence-electron chi connectivity index (χ3n) is 2.96. The first-order valence-electron chi connectivity index (χ1n) is 6.02. The Morgan fingerprint density at radius 1 is 1.50 bits per heavy atom. The predicted octanol–water partition coefficient (Wildman–Crippen LogP) is 2.74. The van der Waals surface area contributed by atoms with Crippen LogP contribution in [0.15, 0.2) is 18.2 Å². The van der Waals surface area contributed by atoms with E-state index in [4.69, 9.17) is 22.2 Å². The van der Waals surface area contributed by atoms with Crippen LogP contribution in [0.3, 0.4) is 0 Å². The Labute approximate surface area is 113 Å². The largest absolute Gasteiger partial charge is 0.432 e. The van der Waals surface area contributed by atoms with Crippen molar-refractivity contribution in [1.29, 1.82) is 5.26 Å². The zero-order valence-electron chi connectivity index (χ0n) is 10.6. The average molecular weight is 260 g/mol. The SMILES string of the molecule is CN(C)C(=S)Oc1ccc(C#N)cc1CC1CC1. The molecule has 0 N–H and O–H groups in total. The minimum absolute atomic E-state index is 0.441.